The molecule has 0 aliphatic carbocycles. The Morgan fingerprint density at radius 1 is 1.05 bits per heavy atom. The third-order valence-corrected chi connectivity index (χ3v) is 3.67. The van der Waals surface area contributed by atoms with Crippen molar-refractivity contribution in [3.05, 3.63) is 77.5 Å². The average Bonchev–Trinajstić information content (AvgIpc) is 2.93. The number of ether oxygens (including phenoxy) is 2. The van der Waals surface area contributed by atoms with Gasteiger partial charge in [-0.05, 0) is 24.1 Å². The molecule has 0 amide bonds. The van der Waals surface area contributed by atoms with E-state index in [1.54, 1.807) is 0 Å². The molecular formula is C19H20O2. The van der Waals surface area contributed by atoms with Crippen molar-refractivity contribution in [3.8, 4) is 0 Å². The molecule has 0 unspecified atom stereocenters. The summed E-state index contributed by atoms with van der Waals surface area (Å²) in [6, 6.07) is 20.6. The van der Waals surface area contributed by atoms with E-state index in [0.717, 1.165) is 17.7 Å². The quantitative estimate of drug-likeness (QED) is 0.815. The van der Waals surface area contributed by atoms with Crippen LogP contribution in [0.2, 0.25) is 0 Å². The fraction of sp³-hybridized carbons (Fsp3) is 0.263. The van der Waals surface area contributed by atoms with Crippen LogP contribution in [0.3, 0.4) is 0 Å². The van der Waals surface area contributed by atoms with Crippen molar-refractivity contribution in [3.63, 3.8) is 0 Å². The molecule has 2 aromatic rings. The van der Waals surface area contributed by atoms with Crippen LogP contribution in [0.15, 0.2) is 66.4 Å². The molecule has 0 radical (unpaired) electrons. The van der Waals surface area contributed by atoms with Gasteiger partial charge < -0.3 is 9.47 Å². The van der Waals surface area contributed by atoms with Crippen LogP contribution in [0.5, 0.6) is 0 Å². The molecule has 2 heteroatoms. The van der Waals surface area contributed by atoms with Gasteiger partial charge >= 0.3 is 0 Å². The molecule has 2 nitrogen and oxygen atoms in total. The second-order valence-electron chi connectivity index (χ2n) is 5.15. The van der Waals surface area contributed by atoms with Gasteiger partial charge in [-0.3, -0.25) is 0 Å². The molecular weight excluding hydrogens is 260 g/mol. The van der Waals surface area contributed by atoms with Crippen molar-refractivity contribution >= 4 is 6.08 Å². The maximum atomic E-state index is 6.15. The summed E-state index contributed by atoms with van der Waals surface area (Å²) in [6.45, 7) is 2.72. The lowest BCUT2D eigenvalue weighted by atomic mass is 10.1. The monoisotopic (exact) mass is 280 g/mol. The third kappa shape index (κ3) is 3.34. The van der Waals surface area contributed by atoms with E-state index in [-0.39, 0.29) is 12.2 Å². The molecule has 3 rings (SSSR count). The van der Waals surface area contributed by atoms with Gasteiger partial charge in [0, 0.05) is 13.0 Å². The van der Waals surface area contributed by atoms with E-state index in [4.69, 9.17) is 9.47 Å². The molecule has 2 atom stereocenters. The van der Waals surface area contributed by atoms with Crippen LogP contribution in [0.25, 0.3) is 6.08 Å². The molecule has 0 N–H and O–H groups in total. The Morgan fingerprint density at radius 3 is 2.38 bits per heavy atom. The first-order valence-electron chi connectivity index (χ1n) is 7.46. The highest BCUT2D eigenvalue weighted by Crippen LogP contribution is 2.37. The number of hydrogen-bond donors (Lipinski definition) is 0. The highest BCUT2D eigenvalue weighted by atomic mass is 16.6. The summed E-state index contributed by atoms with van der Waals surface area (Å²) >= 11 is 0. The molecule has 108 valence electrons. The lowest BCUT2D eigenvalue weighted by Crippen LogP contribution is -2.10. The number of rotatable bonds is 4. The minimum absolute atomic E-state index is 0.0420. The van der Waals surface area contributed by atoms with Gasteiger partial charge in [0.2, 0.25) is 0 Å². The predicted molar refractivity (Wildman–Crippen MR) is 84.7 cm³/mol. The van der Waals surface area contributed by atoms with E-state index >= 15 is 0 Å². The van der Waals surface area contributed by atoms with Crippen LogP contribution in [-0.2, 0) is 9.47 Å². The van der Waals surface area contributed by atoms with E-state index in [0.29, 0.717) is 6.61 Å². The normalized spacial score (nSPS) is 23.2. The van der Waals surface area contributed by atoms with Gasteiger partial charge in [-0.15, -0.1) is 0 Å². The molecule has 0 aromatic heterocycles. The standard InChI is InChI=1S/C19H20O2/c1-2-20-18-14-17(16-11-7-4-8-12-16)21-19(18)13-15-9-5-3-6-10-15/h3-13,17-18H,2,14H2,1H3/b19-13-/t17-,18-/m0/s1. The van der Waals surface area contributed by atoms with E-state index in [1.165, 1.54) is 5.56 Å². The maximum Gasteiger partial charge on any atom is 0.126 e. The molecule has 0 bridgehead atoms. The van der Waals surface area contributed by atoms with Crippen LogP contribution < -0.4 is 0 Å². The van der Waals surface area contributed by atoms with Crippen molar-refractivity contribution in [1.29, 1.82) is 0 Å². The Kier molecular flexibility index (Phi) is 4.37. The van der Waals surface area contributed by atoms with E-state index < -0.39 is 0 Å². The van der Waals surface area contributed by atoms with Gasteiger partial charge in [0.25, 0.3) is 0 Å². The van der Waals surface area contributed by atoms with Crippen LogP contribution in [-0.4, -0.2) is 12.7 Å². The average molecular weight is 280 g/mol. The van der Waals surface area contributed by atoms with Crippen molar-refractivity contribution < 1.29 is 9.47 Å². The molecule has 1 fully saturated rings. The van der Waals surface area contributed by atoms with Crippen molar-refractivity contribution in [2.24, 2.45) is 0 Å². The zero-order valence-corrected chi connectivity index (χ0v) is 12.2. The third-order valence-electron chi connectivity index (χ3n) is 3.67. The molecule has 1 heterocycles. The highest BCUT2D eigenvalue weighted by molar-refractivity contribution is 5.52. The minimum Gasteiger partial charge on any atom is -0.487 e. The summed E-state index contributed by atoms with van der Waals surface area (Å²) in [4.78, 5) is 0. The molecule has 0 spiro atoms. The van der Waals surface area contributed by atoms with E-state index in [1.807, 2.05) is 43.3 Å². The van der Waals surface area contributed by atoms with Gasteiger partial charge in [-0.25, -0.2) is 0 Å². The summed E-state index contributed by atoms with van der Waals surface area (Å²) in [5.41, 5.74) is 2.35. The Morgan fingerprint density at radius 2 is 1.71 bits per heavy atom. The van der Waals surface area contributed by atoms with Crippen LogP contribution >= 0.6 is 0 Å². The summed E-state index contributed by atoms with van der Waals surface area (Å²) in [6.07, 6.45) is 3.08. The summed E-state index contributed by atoms with van der Waals surface area (Å²) in [5, 5.41) is 0. The molecule has 2 aromatic carbocycles. The van der Waals surface area contributed by atoms with Crippen molar-refractivity contribution in [1.82, 2.24) is 0 Å². The summed E-state index contributed by atoms with van der Waals surface area (Å²) < 4.78 is 12.0. The number of benzene rings is 2. The van der Waals surface area contributed by atoms with E-state index in [2.05, 4.69) is 30.3 Å². The fourth-order valence-corrected chi connectivity index (χ4v) is 2.66. The van der Waals surface area contributed by atoms with Gasteiger partial charge in [0.1, 0.15) is 18.0 Å². The fourth-order valence-electron chi connectivity index (χ4n) is 2.66. The lowest BCUT2D eigenvalue weighted by Gasteiger charge is -2.10. The maximum absolute atomic E-state index is 6.15. The Bertz CT molecular complexity index is 589. The Hall–Kier alpha value is -2.06. The first kappa shape index (κ1) is 13.9. The van der Waals surface area contributed by atoms with Crippen LogP contribution in [0, 0.1) is 0 Å². The molecule has 1 aliphatic heterocycles. The smallest absolute Gasteiger partial charge is 0.126 e. The molecule has 0 saturated carbocycles. The van der Waals surface area contributed by atoms with Crippen molar-refractivity contribution in [2.45, 2.75) is 25.6 Å². The molecule has 1 aliphatic rings. The summed E-state index contributed by atoms with van der Waals surface area (Å²) in [7, 11) is 0. The predicted octanol–water partition coefficient (Wildman–Crippen LogP) is 4.59. The second-order valence-corrected chi connectivity index (χ2v) is 5.15. The van der Waals surface area contributed by atoms with Crippen LogP contribution in [0.4, 0.5) is 0 Å². The van der Waals surface area contributed by atoms with Gasteiger partial charge in [-0.2, -0.15) is 0 Å². The Balaban J connectivity index is 1.83. The SMILES string of the molecule is CCO[C@H]1C[C@@H](c2ccccc2)O/C1=C\c1ccccc1. The van der Waals surface area contributed by atoms with Gasteiger partial charge in [0.05, 0.1) is 0 Å². The molecule has 1 saturated heterocycles. The molecule has 21 heavy (non-hydrogen) atoms. The Labute approximate surface area is 126 Å². The van der Waals surface area contributed by atoms with Crippen LogP contribution in [0.1, 0.15) is 30.6 Å². The lowest BCUT2D eigenvalue weighted by molar-refractivity contribution is 0.0855. The number of hydrogen-bond acceptors (Lipinski definition) is 2. The van der Waals surface area contributed by atoms with Gasteiger partial charge in [0.15, 0.2) is 0 Å². The minimum atomic E-state index is 0.0420. The topological polar surface area (TPSA) is 18.5 Å². The first-order valence-corrected chi connectivity index (χ1v) is 7.46. The zero-order chi connectivity index (χ0) is 14.5. The largest absolute Gasteiger partial charge is 0.487 e. The zero-order valence-electron chi connectivity index (χ0n) is 12.2. The summed E-state index contributed by atoms with van der Waals surface area (Å²) in [5.74, 6) is 0.928. The second kappa shape index (κ2) is 6.59. The first-order chi connectivity index (χ1) is 10.4. The van der Waals surface area contributed by atoms with Crippen molar-refractivity contribution in [2.75, 3.05) is 6.61 Å². The van der Waals surface area contributed by atoms with Gasteiger partial charge in [-0.1, -0.05) is 60.7 Å². The van der Waals surface area contributed by atoms with E-state index in [9.17, 15) is 0 Å². The highest BCUT2D eigenvalue weighted by Gasteiger charge is 2.32.